The predicted molar refractivity (Wildman–Crippen MR) is 71.7 cm³/mol. The summed E-state index contributed by atoms with van der Waals surface area (Å²) in [5.41, 5.74) is 2.51. The minimum absolute atomic E-state index is 0.252. The molecule has 0 radical (unpaired) electrons. The molecule has 0 aliphatic heterocycles. The standard InChI is InChI=1S/C13H26O2Si/c1-9-12(2,3)14-15-13(4,5)10-11-16(6,7)8/h9H2,1-8H3. The summed E-state index contributed by atoms with van der Waals surface area (Å²) >= 11 is 0. The van der Waals surface area contributed by atoms with Gasteiger partial charge in [-0.3, -0.25) is 0 Å². The number of rotatable bonds is 4. The zero-order valence-electron chi connectivity index (χ0n) is 12.0. The van der Waals surface area contributed by atoms with E-state index in [1.54, 1.807) is 0 Å². The first-order valence-corrected chi connectivity index (χ1v) is 9.39. The smallest absolute Gasteiger partial charge is 0.157 e. The summed E-state index contributed by atoms with van der Waals surface area (Å²) < 4.78 is 0. The van der Waals surface area contributed by atoms with Gasteiger partial charge in [0.2, 0.25) is 0 Å². The lowest BCUT2D eigenvalue weighted by molar-refractivity contribution is -0.388. The Morgan fingerprint density at radius 3 is 1.88 bits per heavy atom. The molecule has 16 heavy (non-hydrogen) atoms. The van der Waals surface area contributed by atoms with Crippen molar-refractivity contribution in [2.24, 2.45) is 0 Å². The van der Waals surface area contributed by atoms with E-state index in [1.807, 2.05) is 27.7 Å². The fraction of sp³-hybridized carbons (Fsp3) is 0.846. The molecule has 0 spiro atoms. The van der Waals surface area contributed by atoms with Gasteiger partial charge in [-0.2, -0.15) is 0 Å². The summed E-state index contributed by atoms with van der Waals surface area (Å²) in [7, 11) is -1.35. The van der Waals surface area contributed by atoms with Crippen molar-refractivity contribution in [1.29, 1.82) is 0 Å². The Hall–Kier alpha value is -0.303. The van der Waals surface area contributed by atoms with Crippen LogP contribution in [0.2, 0.25) is 19.6 Å². The van der Waals surface area contributed by atoms with E-state index in [9.17, 15) is 0 Å². The molecule has 0 bridgehead atoms. The van der Waals surface area contributed by atoms with Gasteiger partial charge in [-0.15, -0.1) is 5.54 Å². The van der Waals surface area contributed by atoms with Crippen LogP contribution in [0.15, 0.2) is 0 Å². The van der Waals surface area contributed by atoms with Gasteiger partial charge in [0.1, 0.15) is 8.07 Å². The zero-order chi connectivity index (χ0) is 13.0. The van der Waals surface area contributed by atoms with Crippen LogP contribution in [0.5, 0.6) is 0 Å². The van der Waals surface area contributed by atoms with Crippen LogP contribution < -0.4 is 0 Å². The Balaban J connectivity index is 4.41. The van der Waals surface area contributed by atoms with E-state index in [1.165, 1.54) is 0 Å². The molecule has 0 unspecified atom stereocenters. The van der Waals surface area contributed by atoms with Gasteiger partial charge >= 0.3 is 0 Å². The third-order valence-electron chi connectivity index (χ3n) is 2.07. The third-order valence-corrected chi connectivity index (χ3v) is 2.94. The highest BCUT2D eigenvalue weighted by atomic mass is 28.3. The molecule has 0 aromatic heterocycles. The van der Waals surface area contributed by atoms with Crippen LogP contribution in [0.4, 0.5) is 0 Å². The predicted octanol–water partition coefficient (Wildman–Crippen LogP) is 3.78. The second-order valence-corrected chi connectivity index (χ2v) is 11.0. The lowest BCUT2D eigenvalue weighted by Gasteiger charge is -2.27. The summed E-state index contributed by atoms with van der Waals surface area (Å²) in [6.45, 7) is 16.6. The average Bonchev–Trinajstić information content (AvgIpc) is 2.12. The molecule has 0 saturated heterocycles. The van der Waals surface area contributed by atoms with Gasteiger partial charge in [0.25, 0.3) is 0 Å². The Morgan fingerprint density at radius 1 is 1.00 bits per heavy atom. The maximum atomic E-state index is 5.43. The topological polar surface area (TPSA) is 18.5 Å². The summed E-state index contributed by atoms with van der Waals surface area (Å²) in [6.07, 6.45) is 0.907. The third kappa shape index (κ3) is 7.92. The van der Waals surface area contributed by atoms with E-state index in [0.29, 0.717) is 0 Å². The minimum Gasteiger partial charge on any atom is -0.229 e. The van der Waals surface area contributed by atoms with E-state index in [2.05, 4.69) is 38.0 Å². The van der Waals surface area contributed by atoms with Gasteiger partial charge in [0, 0.05) is 0 Å². The average molecular weight is 242 g/mol. The van der Waals surface area contributed by atoms with Crippen molar-refractivity contribution in [3.8, 4) is 11.5 Å². The van der Waals surface area contributed by atoms with Crippen LogP contribution in [0.3, 0.4) is 0 Å². The van der Waals surface area contributed by atoms with Gasteiger partial charge in [-0.05, 0) is 34.1 Å². The largest absolute Gasteiger partial charge is 0.229 e. The van der Waals surface area contributed by atoms with Crippen molar-refractivity contribution in [3.05, 3.63) is 0 Å². The number of hydrogen-bond acceptors (Lipinski definition) is 2. The highest BCUT2D eigenvalue weighted by molar-refractivity contribution is 6.83. The zero-order valence-corrected chi connectivity index (χ0v) is 13.0. The minimum atomic E-state index is -1.35. The Labute approximate surface area is 102 Å². The van der Waals surface area contributed by atoms with Gasteiger partial charge in [-0.1, -0.05) is 32.5 Å². The lowest BCUT2D eigenvalue weighted by atomic mass is 10.1. The summed E-state index contributed by atoms with van der Waals surface area (Å²) in [5, 5.41) is 0. The molecule has 0 aliphatic rings. The second-order valence-electron chi connectivity index (χ2n) is 6.29. The Bertz CT molecular complexity index is 277. The Morgan fingerprint density at radius 2 is 1.50 bits per heavy atom. The molecular formula is C13H26O2Si. The van der Waals surface area contributed by atoms with Crippen LogP contribution in [0.1, 0.15) is 41.0 Å². The van der Waals surface area contributed by atoms with Gasteiger partial charge in [0.05, 0.1) is 5.60 Å². The van der Waals surface area contributed by atoms with Gasteiger partial charge < -0.3 is 0 Å². The first-order chi connectivity index (χ1) is 6.97. The molecule has 0 N–H and O–H groups in total. The fourth-order valence-electron chi connectivity index (χ4n) is 0.635. The molecule has 0 aromatic carbocycles. The highest BCUT2D eigenvalue weighted by Gasteiger charge is 2.24. The van der Waals surface area contributed by atoms with Crippen LogP contribution in [0, 0.1) is 11.5 Å². The molecule has 0 rings (SSSR count). The molecular weight excluding hydrogens is 216 g/mol. The second kappa shape index (κ2) is 5.35. The molecule has 0 saturated carbocycles. The van der Waals surface area contributed by atoms with Crippen molar-refractivity contribution in [2.45, 2.75) is 71.9 Å². The molecule has 0 aliphatic carbocycles. The molecule has 94 valence electrons. The molecule has 0 heterocycles. The van der Waals surface area contributed by atoms with Crippen LogP contribution in [0.25, 0.3) is 0 Å². The van der Waals surface area contributed by atoms with E-state index in [-0.39, 0.29) is 5.60 Å². The fourth-order valence-corrected chi connectivity index (χ4v) is 1.31. The van der Waals surface area contributed by atoms with Crippen LogP contribution >= 0.6 is 0 Å². The summed E-state index contributed by atoms with van der Waals surface area (Å²) in [6, 6.07) is 0. The van der Waals surface area contributed by atoms with Crippen LogP contribution in [-0.4, -0.2) is 19.3 Å². The maximum absolute atomic E-state index is 5.43. The Kier molecular flexibility index (Phi) is 5.25. The van der Waals surface area contributed by atoms with Crippen molar-refractivity contribution in [3.63, 3.8) is 0 Å². The highest BCUT2D eigenvalue weighted by Crippen LogP contribution is 2.19. The van der Waals surface area contributed by atoms with E-state index in [4.69, 9.17) is 9.78 Å². The normalized spacial score (nSPS) is 13.2. The monoisotopic (exact) mass is 242 g/mol. The summed E-state index contributed by atoms with van der Waals surface area (Å²) in [4.78, 5) is 10.9. The van der Waals surface area contributed by atoms with Crippen molar-refractivity contribution in [1.82, 2.24) is 0 Å². The van der Waals surface area contributed by atoms with Gasteiger partial charge in [0.15, 0.2) is 5.60 Å². The first-order valence-electron chi connectivity index (χ1n) is 5.89. The molecule has 3 heteroatoms. The van der Waals surface area contributed by atoms with Crippen LogP contribution in [-0.2, 0) is 9.78 Å². The maximum Gasteiger partial charge on any atom is 0.157 e. The van der Waals surface area contributed by atoms with Crippen molar-refractivity contribution >= 4 is 8.07 Å². The molecule has 2 nitrogen and oxygen atoms in total. The van der Waals surface area contributed by atoms with E-state index >= 15 is 0 Å². The quantitative estimate of drug-likeness (QED) is 0.323. The molecule has 0 aromatic rings. The lowest BCUT2D eigenvalue weighted by Crippen LogP contribution is -2.31. The van der Waals surface area contributed by atoms with E-state index in [0.717, 1.165) is 6.42 Å². The first kappa shape index (κ1) is 15.7. The molecule has 0 atom stereocenters. The van der Waals surface area contributed by atoms with Crippen molar-refractivity contribution in [2.75, 3.05) is 0 Å². The molecule has 0 fully saturated rings. The van der Waals surface area contributed by atoms with Crippen molar-refractivity contribution < 1.29 is 9.78 Å². The van der Waals surface area contributed by atoms with Gasteiger partial charge in [-0.25, -0.2) is 9.78 Å². The van der Waals surface area contributed by atoms with E-state index < -0.39 is 13.7 Å². The SMILES string of the molecule is CCC(C)(C)OOC(C)(C)C#C[Si](C)(C)C. The number of hydrogen-bond donors (Lipinski definition) is 0. The molecule has 0 amide bonds. The summed E-state index contributed by atoms with van der Waals surface area (Å²) in [5.74, 6) is 3.16.